The fraction of sp³-hybridized carbons (Fsp3) is 0.632. The van der Waals surface area contributed by atoms with Crippen molar-refractivity contribution >= 4 is 23.8 Å². The Morgan fingerprint density at radius 2 is 1.83 bits per heavy atom. The molecular formula is C19H25N3O8. The van der Waals surface area contributed by atoms with Gasteiger partial charge in [-0.2, -0.15) is 4.98 Å². The fourth-order valence-electron chi connectivity index (χ4n) is 3.14. The smallest absolute Gasteiger partial charge is 0.413 e. The molecule has 3 atom stereocenters. The SMILES string of the molecule is CC(C)(C)OC(=O)Nc1ccn(C2CC3COC(=O)CCC(=O)OCC3O2)c(=O)n1. The number of fused-ring (bicyclic) bond motifs is 1. The number of aromatic nitrogens is 2. The summed E-state index contributed by atoms with van der Waals surface area (Å²) in [4.78, 5) is 51.5. The zero-order valence-electron chi connectivity index (χ0n) is 17.1. The highest BCUT2D eigenvalue weighted by Crippen LogP contribution is 2.33. The van der Waals surface area contributed by atoms with E-state index in [9.17, 15) is 19.2 Å². The van der Waals surface area contributed by atoms with Crippen LogP contribution < -0.4 is 11.0 Å². The van der Waals surface area contributed by atoms with Crippen LogP contribution in [-0.4, -0.2) is 52.5 Å². The van der Waals surface area contributed by atoms with Crippen LogP contribution in [0.15, 0.2) is 17.1 Å². The molecule has 1 aromatic rings. The van der Waals surface area contributed by atoms with Gasteiger partial charge in [-0.25, -0.2) is 9.59 Å². The third kappa shape index (κ3) is 5.78. The molecule has 11 nitrogen and oxygen atoms in total. The molecule has 0 aliphatic carbocycles. The summed E-state index contributed by atoms with van der Waals surface area (Å²) < 4.78 is 22.7. The fourth-order valence-corrected chi connectivity index (χ4v) is 3.14. The van der Waals surface area contributed by atoms with Crippen molar-refractivity contribution in [3.63, 3.8) is 0 Å². The molecule has 11 heteroatoms. The Morgan fingerprint density at radius 3 is 2.47 bits per heavy atom. The summed E-state index contributed by atoms with van der Waals surface area (Å²) in [6, 6.07) is 1.45. The molecule has 1 N–H and O–H groups in total. The number of nitrogens with one attached hydrogen (secondary N) is 1. The molecule has 0 radical (unpaired) electrons. The molecule has 1 amide bonds. The van der Waals surface area contributed by atoms with E-state index in [0.717, 1.165) is 0 Å². The molecule has 2 aliphatic heterocycles. The number of hydrogen-bond donors (Lipinski definition) is 1. The van der Waals surface area contributed by atoms with Crippen LogP contribution >= 0.6 is 0 Å². The van der Waals surface area contributed by atoms with Gasteiger partial charge in [-0.05, 0) is 26.8 Å². The second kappa shape index (κ2) is 8.82. The molecule has 0 bridgehead atoms. The van der Waals surface area contributed by atoms with Gasteiger partial charge in [0.25, 0.3) is 0 Å². The first-order valence-electron chi connectivity index (χ1n) is 9.66. The van der Waals surface area contributed by atoms with Crippen LogP contribution in [0.25, 0.3) is 0 Å². The molecule has 0 spiro atoms. The zero-order chi connectivity index (χ0) is 21.9. The molecule has 3 rings (SSSR count). The Hall–Kier alpha value is -2.95. The summed E-state index contributed by atoms with van der Waals surface area (Å²) in [7, 11) is 0. The highest BCUT2D eigenvalue weighted by Gasteiger charge is 2.39. The minimum Gasteiger partial charge on any atom is -0.465 e. The van der Waals surface area contributed by atoms with Crippen LogP contribution in [0.4, 0.5) is 10.6 Å². The minimum absolute atomic E-state index is 0.0119. The van der Waals surface area contributed by atoms with Gasteiger partial charge in [-0.15, -0.1) is 0 Å². The Bertz CT molecular complexity index is 847. The van der Waals surface area contributed by atoms with Crippen LogP contribution in [0, 0.1) is 5.92 Å². The third-order valence-corrected chi connectivity index (χ3v) is 4.53. The first kappa shape index (κ1) is 21.8. The summed E-state index contributed by atoms with van der Waals surface area (Å²) in [6.07, 6.45) is -0.174. The van der Waals surface area contributed by atoms with E-state index in [1.54, 1.807) is 20.8 Å². The molecular weight excluding hydrogens is 398 g/mol. The van der Waals surface area contributed by atoms with E-state index < -0.39 is 41.7 Å². The van der Waals surface area contributed by atoms with Crippen molar-refractivity contribution in [1.29, 1.82) is 0 Å². The van der Waals surface area contributed by atoms with Crippen LogP contribution in [0.1, 0.15) is 46.3 Å². The van der Waals surface area contributed by atoms with Gasteiger partial charge in [-0.3, -0.25) is 19.5 Å². The summed E-state index contributed by atoms with van der Waals surface area (Å²) >= 11 is 0. The van der Waals surface area contributed by atoms with Crippen molar-refractivity contribution in [2.45, 2.75) is 58.0 Å². The van der Waals surface area contributed by atoms with E-state index in [1.807, 2.05) is 0 Å². The van der Waals surface area contributed by atoms with E-state index in [1.165, 1.54) is 16.8 Å². The van der Waals surface area contributed by atoms with Crippen molar-refractivity contribution in [3.05, 3.63) is 22.7 Å². The largest absolute Gasteiger partial charge is 0.465 e. The van der Waals surface area contributed by atoms with E-state index >= 15 is 0 Å². The number of rotatable bonds is 2. The summed E-state index contributed by atoms with van der Waals surface area (Å²) in [5.41, 5.74) is -1.32. The molecule has 164 valence electrons. The first-order chi connectivity index (χ1) is 14.1. The number of hydrogen-bond acceptors (Lipinski definition) is 9. The molecule has 0 saturated carbocycles. The highest BCUT2D eigenvalue weighted by atomic mass is 16.6. The van der Waals surface area contributed by atoms with E-state index in [-0.39, 0.29) is 37.8 Å². The number of cyclic esters (lactones) is 2. The van der Waals surface area contributed by atoms with Crippen molar-refractivity contribution in [2.75, 3.05) is 18.5 Å². The molecule has 3 heterocycles. The van der Waals surface area contributed by atoms with Crippen LogP contribution in [0.2, 0.25) is 0 Å². The van der Waals surface area contributed by atoms with Gasteiger partial charge in [0.2, 0.25) is 0 Å². The number of carbonyl (C=O) groups is 3. The lowest BCUT2D eigenvalue weighted by molar-refractivity contribution is -0.158. The topological polar surface area (TPSA) is 135 Å². The Morgan fingerprint density at radius 1 is 1.17 bits per heavy atom. The molecule has 0 aromatic carbocycles. The van der Waals surface area contributed by atoms with Gasteiger partial charge in [0.1, 0.15) is 30.4 Å². The predicted octanol–water partition coefficient (Wildman–Crippen LogP) is 1.37. The normalized spacial score (nSPS) is 25.0. The lowest BCUT2D eigenvalue weighted by Gasteiger charge is -2.20. The highest BCUT2D eigenvalue weighted by molar-refractivity contribution is 5.83. The number of ether oxygens (including phenoxy) is 4. The maximum Gasteiger partial charge on any atom is 0.413 e. The minimum atomic E-state index is -0.724. The molecule has 1 aromatic heterocycles. The van der Waals surface area contributed by atoms with Crippen molar-refractivity contribution in [2.24, 2.45) is 5.92 Å². The molecule has 2 saturated heterocycles. The maximum absolute atomic E-state index is 12.5. The standard InChI is InChI=1S/C19H25N3O8/c1-19(2,3)30-18(26)21-13-6-7-22(17(25)20-13)14-8-11-9-27-15(23)4-5-16(24)28-10-12(11)29-14/h6-7,11-12,14H,4-5,8-10H2,1-3H3,(H,20,21,25,26). The number of carbonyl (C=O) groups excluding carboxylic acids is 3. The summed E-state index contributed by atoms with van der Waals surface area (Å²) in [6.45, 7) is 5.28. The van der Waals surface area contributed by atoms with Gasteiger partial charge in [-0.1, -0.05) is 0 Å². The van der Waals surface area contributed by atoms with Gasteiger partial charge in [0, 0.05) is 18.5 Å². The lowest BCUT2D eigenvalue weighted by atomic mass is 10.0. The number of anilines is 1. The predicted molar refractivity (Wildman–Crippen MR) is 102 cm³/mol. The second-order valence-corrected chi connectivity index (χ2v) is 8.12. The van der Waals surface area contributed by atoms with Crippen molar-refractivity contribution < 1.29 is 33.3 Å². The summed E-state index contributed by atoms with van der Waals surface area (Å²) in [5, 5.41) is 2.41. The number of nitrogens with zero attached hydrogens (tertiary/aromatic N) is 2. The molecule has 2 fully saturated rings. The van der Waals surface area contributed by atoms with Gasteiger partial charge >= 0.3 is 23.7 Å². The maximum atomic E-state index is 12.5. The molecule has 30 heavy (non-hydrogen) atoms. The average molecular weight is 423 g/mol. The van der Waals surface area contributed by atoms with Crippen LogP contribution in [-0.2, 0) is 28.5 Å². The Balaban J connectivity index is 1.69. The molecule has 3 unspecified atom stereocenters. The van der Waals surface area contributed by atoms with E-state index in [4.69, 9.17) is 18.9 Å². The Labute approximate surface area is 172 Å². The first-order valence-corrected chi connectivity index (χ1v) is 9.66. The zero-order valence-corrected chi connectivity index (χ0v) is 17.1. The van der Waals surface area contributed by atoms with Crippen molar-refractivity contribution in [3.8, 4) is 0 Å². The van der Waals surface area contributed by atoms with Crippen molar-refractivity contribution in [1.82, 2.24) is 9.55 Å². The van der Waals surface area contributed by atoms with Crippen LogP contribution in [0.5, 0.6) is 0 Å². The summed E-state index contributed by atoms with van der Waals surface area (Å²) in [5.74, 6) is -1.18. The quantitative estimate of drug-likeness (QED) is 0.552. The van der Waals surface area contributed by atoms with Gasteiger partial charge in [0.05, 0.1) is 19.4 Å². The average Bonchev–Trinajstić information content (AvgIpc) is 3.04. The molecule has 2 aliphatic rings. The second-order valence-electron chi connectivity index (χ2n) is 8.12. The van der Waals surface area contributed by atoms with Gasteiger partial charge in [0.15, 0.2) is 0 Å². The lowest BCUT2D eigenvalue weighted by Crippen LogP contribution is -2.31. The van der Waals surface area contributed by atoms with E-state index in [0.29, 0.717) is 6.42 Å². The monoisotopic (exact) mass is 423 g/mol. The Kier molecular flexibility index (Phi) is 6.40. The van der Waals surface area contributed by atoms with Gasteiger partial charge < -0.3 is 18.9 Å². The van der Waals surface area contributed by atoms with Crippen LogP contribution in [0.3, 0.4) is 0 Å². The van der Waals surface area contributed by atoms with E-state index in [2.05, 4.69) is 10.3 Å². The third-order valence-electron chi connectivity index (χ3n) is 4.53. The number of amides is 1. The number of esters is 2.